The molecule has 0 fully saturated rings. The Morgan fingerprint density at radius 2 is 2.14 bits per heavy atom. The third kappa shape index (κ3) is 1.96. The van der Waals surface area contributed by atoms with E-state index in [1.54, 1.807) is 7.05 Å². The fourth-order valence-electron chi connectivity index (χ4n) is 1.10. The molecule has 0 bridgehead atoms. The standard InChI is InChI=1S/C9H10ClF2NO/c1-13-4-5-6(11)3-7(14-2)8(10)9(5)12/h3,13H,4H2,1-2H3. The fourth-order valence-corrected chi connectivity index (χ4v) is 1.34. The van der Waals surface area contributed by atoms with Crippen molar-refractivity contribution in [3.63, 3.8) is 0 Å². The number of methoxy groups -OCH3 is 1. The zero-order valence-electron chi connectivity index (χ0n) is 7.83. The average molecular weight is 222 g/mol. The van der Waals surface area contributed by atoms with Crippen LogP contribution in [0.1, 0.15) is 5.56 Å². The molecule has 1 rings (SSSR count). The third-order valence-corrected chi connectivity index (χ3v) is 2.15. The van der Waals surface area contributed by atoms with Crippen molar-refractivity contribution in [1.29, 1.82) is 0 Å². The van der Waals surface area contributed by atoms with Crippen molar-refractivity contribution in [3.05, 3.63) is 28.3 Å². The zero-order chi connectivity index (χ0) is 10.7. The molecular formula is C9H10ClF2NO. The lowest BCUT2D eigenvalue weighted by Gasteiger charge is -2.09. The first kappa shape index (κ1) is 11.2. The fraction of sp³-hybridized carbons (Fsp3) is 0.333. The molecule has 78 valence electrons. The summed E-state index contributed by atoms with van der Waals surface area (Å²) in [7, 11) is 2.90. The summed E-state index contributed by atoms with van der Waals surface area (Å²) < 4.78 is 31.4. The van der Waals surface area contributed by atoms with E-state index in [-0.39, 0.29) is 22.9 Å². The van der Waals surface area contributed by atoms with Crippen molar-refractivity contribution < 1.29 is 13.5 Å². The predicted molar refractivity (Wildman–Crippen MR) is 50.7 cm³/mol. The van der Waals surface area contributed by atoms with Crippen LogP contribution in [0.25, 0.3) is 0 Å². The molecule has 1 N–H and O–H groups in total. The second-order valence-corrected chi connectivity index (χ2v) is 3.08. The number of ether oxygens (including phenoxy) is 1. The Balaban J connectivity index is 3.26. The van der Waals surface area contributed by atoms with Gasteiger partial charge >= 0.3 is 0 Å². The van der Waals surface area contributed by atoms with Crippen molar-refractivity contribution in [2.45, 2.75) is 6.54 Å². The molecule has 1 aromatic carbocycles. The van der Waals surface area contributed by atoms with E-state index in [0.717, 1.165) is 6.07 Å². The third-order valence-electron chi connectivity index (χ3n) is 1.79. The van der Waals surface area contributed by atoms with E-state index in [2.05, 4.69) is 5.32 Å². The lowest BCUT2D eigenvalue weighted by molar-refractivity contribution is 0.405. The lowest BCUT2D eigenvalue weighted by Crippen LogP contribution is -2.10. The maximum Gasteiger partial charge on any atom is 0.152 e. The van der Waals surface area contributed by atoms with Gasteiger partial charge in [-0.2, -0.15) is 0 Å². The molecule has 0 aliphatic rings. The smallest absolute Gasteiger partial charge is 0.152 e. The van der Waals surface area contributed by atoms with Crippen LogP contribution in [-0.2, 0) is 6.54 Å². The molecule has 0 heterocycles. The van der Waals surface area contributed by atoms with Crippen LogP contribution in [0.15, 0.2) is 6.07 Å². The van der Waals surface area contributed by atoms with Crippen molar-refractivity contribution in [1.82, 2.24) is 5.32 Å². The maximum absolute atomic E-state index is 13.4. The van der Waals surface area contributed by atoms with E-state index in [1.165, 1.54) is 7.11 Å². The highest BCUT2D eigenvalue weighted by atomic mass is 35.5. The Kier molecular flexibility index (Phi) is 3.66. The van der Waals surface area contributed by atoms with E-state index >= 15 is 0 Å². The Hall–Kier alpha value is -0.870. The van der Waals surface area contributed by atoms with Crippen LogP contribution < -0.4 is 10.1 Å². The Morgan fingerprint density at radius 1 is 1.50 bits per heavy atom. The van der Waals surface area contributed by atoms with Crippen LogP contribution in [-0.4, -0.2) is 14.2 Å². The summed E-state index contributed by atoms with van der Waals surface area (Å²) in [5.41, 5.74) is -0.0849. The summed E-state index contributed by atoms with van der Waals surface area (Å²) in [5.74, 6) is -1.45. The van der Waals surface area contributed by atoms with Gasteiger partial charge in [0.05, 0.1) is 7.11 Å². The molecule has 0 unspecified atom stereocenters. The summed E-state index contributed by atoms with van der Waals surface area (Å²) >= 11 is 5.61. The molecule has 14 heavy (non-hydrogen) atoms. The van der Waals surface area contributed by atoms with Gasteiger partial charge < -0.3 is 10.1 Å². The van der Waals surface area contributed by atoms with Crippen LogP contribution in [0.5, 0.6) is 5.75 Å². The van der Waals surface area contributed by atoms with Crippen molar-refractivity contribution >= 4 is 11.6 Å². The normalized spacial score (nSPS) is 10.4. The molecule has 0 aromatic heterocycles. The minimum atomic E-state index is -0.780. The van der Waals surface area contributed by atoms with Crippen molar-refractivity contribution in [2.75, 3.05) is 14.2 Å². The molecule has 1 aromatic rings. The van der Waals surface area contributed by atoms with Gasteiger partial charge in [0.1, 0.15) is 16.6 Å². The minimum absolute atomic E-state index is 0.00141. The van der Waals surface area contributed by atoms with Gasteiger partial charge in [-0.1, -0.05) is 11.6 Å². The Labute approximate surface area is 85.8 Å². The maximum atomic E-state index is 13.4. The monoisotopic (exact) mass is 221 g/mol. The van der Waals surface area contributed by atoms with Gasteiger partial charge in [-0.3, -0.25) is 0 Å². The van der Waals surface area contributed by atoms with E-state index in [1.807, 2.05) is 0 Å². The molecule has 0 spiro atoms. The number of hydrogen-bond donors (Lipinski definition) is 1. The van der Waals surface area contributed by atoms with E-state index in [9.17, 15) is 8.78 Å². The van der Waals surface area contributed by atoms with Gasteiger partial charge in [-0.15, -0.1) is 0 Å². The number of halogens is 3. The molecular weight excluding hydrogens is 212 g/mol. The van der Waals surface area contributed by atoms with Gasteiger partial charge in [0.2, 0.25) is 0 Å². The first-order valence-electron chi connectivity index (χ1n) is 3.96. The van der Waals surface area contributed by atoms with Gasteiger partial charge in [0.25, 0.3) is 0 Å². The van der Waals surface area contributed by atoms with Crippen LogP contribution >= 0.6 is 11.6 Å². The highest BCUT2D eigenvalue weighted by Gasteiger charge is 2.16. The summed E-state index contributed by atoms with van der Waals surface area (Å²) in [6.45, 7) is 0.0847. The average Bonchev–Trinajstić information content (AvgIpc) is 2.18. The summed E-state index contributed by atoms with van der Waals surface area (Å²) in [4.78, 5) is 0. The number of rotatable bonds is 3. The molecule has 0 radical (unpaired) electrons. The Bertz CT molecular complexity index is 344. The second kappa shape index (κ2) is 4.57. The first-order chi connectivity index (χ1) is 6.61. The quantitative estimate of drug-likeness (QED) is 0.792. The highest BCUT2D eigenvalue weighted by Crippen LogP contribution is 2.31. The topological polar surface area (TPSA) is 21.3 Å². The summed E-state index contributed by atoms with van der Waals surface area (Å²) in [6, 6.07) is 1.07. The van der Waals surface area contributed by atoms with Crippen LogP contribution in [0.3, 0.4) is 0 Å². The molecule has 0 aliphatic carbocycles. The lowest BCUT2D eigenvalue weighted by atomic mass is 10.2. The first-order valence-corrected chi connectivity index (χ1v) is 4.34. The molecule has 0 atom stereocenters. The van der Waals surface area contributed by atoms with Gasteiger partial charge in [0.15, 0.2) is 5.82 Å². The Morgan fingerprint density at radius 3 is 2.64 bits per heavy atom. The number of hydrogen-bond acceptors (Lipinski definition) is 2. The van der Waals surface area contributed by atoms with E-state index < -0.39 is 11.6 Å². The molecule has 0 saturated carbocycles. The summed E-state index contributed by atoms with van der Waals surface area (Å²) in [6.07, 6.45) is 0. The second-order valence-electron chi connectivity index (χ2n) is 2.70. The van der Waals surface area contributed by atoms with Crippen LogP contribution in [0, 0.1) is 11.6 Å². The minimum Gasteiger partial charge on any atom is -0.495 e. The molecule has 2 nitrogen and oxygen atoms in total. The number of benzene rings is 1. The summed E-state index contributed by atoms with van der Waals surface area (Å²) in [5, 5.41) is 2.46. The zero-order valence-corrected chi connectivity index (χ0v) is 8.58. The van der Waals surface area contributed by atoms with E-state index in [4.69, 9.17) is 16.3 Å². The highest BCUT2D eigenvalue weighted by molar-refractivity contribution is 6.32. The predicted octanol–water partition coefficient (Wildman–Crippen LogP) is 2.35. The van der Waals surface area contributed by atoms with Gasteiger partial charge in [0, 0.05) is 18.2 Å². The van der Waals surface area contributed by atoms with Gasteiger partial charge in [-0.05, 0) is 7.05 Å². The molecule has 5 heteroatoms. The van der Waals surface area contributed by atoms with Gasteiger partial charge in [-0.25, -0.2) is 8.78 Å². The van der Waals surface area contributed by atoms with E-state index in [0.29, 0.717) is 0 Å². The number of nitrogens with one attached hydrogen (secondary N) is 1. The largest absolute Gasteiger partial charge is 0.495 e. The molecule has 0 aliphatic heterocycles. The van der Waals surface area contributed by atoms with Crippen LogP contribution in [0.2, 0.25) is 5.02 Å². The molecule has 0 amide bonds. The van der Waals surface area contributed by atoms with Crippen molar-refractivity contribution in [2.24, 2.45) is 0 Å². The molecule has 0 saturated heterocycles. The SMILES string of the molecule is CNCc1c(F)cc(OC)c(Cl)c1F. The van der Waals surface area contributed by atoms with Crippen LogP contribution in [0.4, 0.5) is 8.78 Å². The van der Waals surface area contributed by atoms with Crippen molar-refractivity contribution in [3.8, 4) is 5.75 Å².